The van der Waals surface area contributed by atoms with Crippen molar-refractivity contribution < 1.29 is 4.74 Å². The van der Waals surface area contributed by atoms with Gasteiger partial charge in [0.25, 0.3) is 0 Å². The van der Waals surface area contributed by atoms with Crippen LogP contribution in [-0.4, -0.2) is 56.3 Å². The van der Waals surface area contributed by atoms with Gasteiger partial charge >= 0.3 is 0 Å². The van der Waals surface area contributed by atoms with Crippen molar-refractivity contribution in [3.63, 3.8) is 0 Å². The quantitative estimate of drug-likeness (QED) is 0.600. The van der Waals surface area contributed by atoms with Gasteiger partial charge in [-0.25, -0.2) is 4.68 Å². The molecule has 0 unspecified atom stereocenters. The first-order valence-corrected chi connectivity index (χ1v) is 11.6. The van der Waals surface area contributed by atoms with Crippen LogP contribution in [0.15, 0.2) is 30.7 Å². The van der Waals surface area contributed by atoms with E-state index in [1.807, 2.05) is 17.1 Å². The van der Waals surface area contributed by atoms with Crippen molar-refractivity contribution in [2.45, 2.75) is 56.5 Å². The van der Waals surface area contributed by atoms with Crippen LogP contribution in [0.1, 0.15) is 56.6 Å². The van der Waals surface area contributed by atoms with E-state index in [1.54, 1.807) is 0 Å². The second-order valence-corrected chi connectivity index (χ2v) is 9.64. The third-order valence-corrected chi connectivity index (χ3v) is 7.77. The average Bonchev–Trinajstić information content (AvgIpc) is 3.32. The predicted octanol–water partition coefficient (Wildman–Crippen LogP) is 4.57. The van der Waals surface area contributed by atoms with E-state index in [0.717, 1.165) is 67.2 Å². The first-order chi connectivity index (χ1) is 14.7. The number of rotatable bonds is 5. The number of fused-ring (bicyclic) bond motifs is 1. The van der Waals surface area contributed by atoms with E-state index in [1.165, 1.54) is 18.4 Å². The molecule has 0 spiro atoms. The number of hydrogen-bond donors (Lipinski definition) is 0. The van der Waals surface area contributed by atoms with Crippen LogP contribution in [0.4, 0.5) is 0 Å². The third kappa shape index (κ3) is 3.00. The minimum absolute atomic E-state index is 0.277. The number of aromatic nitrogens is 4. The second-order valence-electron chi connectivity index (χ2n) is 9.23. The van der Waals surface area contributed by atoms with Crippen molar-refractivity contribution in [1.29, 1.82) is 0 Å². The van der Waals surface area contributed by atoms with Gasteiger partial charge in [0, 0.05) is 10.4 Å². The molecule has 1 aromatic carbocycles. The molecule has 2 saturated heterocycles. The Kier molecular flexibility index (Phi) is 4.44. The fourth-order valence-electron chi connectivity index (χ4n) is 5.17. The maximum Gasteiger partial charge on any atom is 0.103 e. The van der Waals surface area contributed by atoms with E-state index in [9.17, 15) is 0 Å². The molecule has 7 heteroatoms. The van der Waals surface area contributed by atoms with Crippen LogP contribution in [0, 0.1) is 0 Å². The highest BCUT2D eigenvalue weighted by molar-refractivity contribution is 6.32. The van der Waals surface area contributed by atoms with E-state index < -0.39 is 0 Å². The summed E-state index contributed by atoms with van der Waals surface area (Å²) in [6, 6.07) is 4.92. The van der Waals surface area contributed by atoms with Crippen LogP contribution in [0.3, 0.4) is 0 Å². The third-order valence-electron chi connectivity index (χ3n) is 7.45. The van der Waals surface area contributed by atoms with Gasteiger partial charge < -0.3 is 4.74 Å². The molecule has 3 aromatic rings. The molecule has 0 bridgehead atoms. The molecule has 4 heterocycles. The second kappa shape index (κ2) is 7.08. The summed E-state index contributed by atoms with van der Waals surface area (Å²) in [5.74, 6) is 0.491. The molecule has 0 amide bonds. The van der Waals surface area contributed by atoms with E-state index in [4.69, 9.17) is 16.3 Å². The molecule has 3 aliphatic rings. The summed E-state index contributed by atoms with van der Waals surface area (Å²) in [5.41, 5.74) is 3.68. The summed E-state index contributed by atoms with van der Waals surface area (Å²) in [7, 11) is 0. The van der Waals surface area contributed by atoms with Crippen molar-refractivity contribution in [2.75, 3.05) is 26.3 Å². The Morgan fingerprint density at radius 3 is 2.57 bits per heavy atom. The molecule has 2 aromatic heterocycles. The summed E-state index contributed by atoms with van der Waals surface area (Å²) in [6.07, 6.45) is 11.8. The number of ether oxygens (including phenoxy) is 1. The fourth-order valence-corrected chi connectivity index (χ4v) is 5.50. The number of likely N-dealkylation sites (tertiary alicyclic amines) is 1. The summed E-state index contributed by atoms with van der Waals surface area (Å²) in [4.78, 5) is 2.65. The van der Waals surface area contributed by atoms with Gasteiger partial charge in [-0.1, -0.05) is 18.5 Å². The molecular weight excluding hydrogens is 398 g/mol. The molecule has 1 saturated carbocycles. The van der Waals surface area contributed by atoms with Crippen LogP contribution in [0.5, 0.6) is 0 Å². The first-order valence-electron chi connectivity index (χ1n) is 11.2. The lowest BCUT2D eigenvalue weighted by molar-refractivity contribution is -0.148. The zero-order valence-corrected chi connectivity index (χ0v) is 18.2. The minimum atomic E-state index is 0.277. The van der Waals surface area contributed by atoms with Crippen molar-refractivity contribution in [3.8, 4) is 5.69 Å². The number of benzene rings is 1. The Hall–Kier alpha value is -1.89. The van der Waals surface area contributed by atoms with Crippen molar-refractivity contribution in [3.05, 3.63) is 41.3 Å². The highest BCUT2D eigenvalue weighted by Gasteiger charge is 2.43. The van der Waals surface area contributed by atoms with E-state index >= 15 is 0 Å². The summed E-state index contributed by atoms with van der Waals surface area (Å²) >= 11 is 6.75. The summed E-state index contributed by atoms with van der Waals surface area (Å²) in [5, 5.41) is 11.1. The lowest BCUT2D eigenvalue weighted by Gasteiger charge is -2.51. The molecule has 30 heavy (non-hydrogen) atoms. The highest BCUT2D eigenvalue weighted by Crippen LogP contribution is 2.39. The molecule has 3 fully saturated rings. The number of piperidine rings is 1. The van der Waals surface area contributed by atoms with Gasteiger partial charge in [0.05, 0.1) is 48.9 Å². The lowest BCUT2D eigenvalue weighted by atomic mass is 9.84. The van der Waals surface area contributed by atoms with Crippen LogP contribution >= 0.6 is 11.6 Å². The molecule has 2 aliphatic heterocycles. The van der Waals surface area contributed by atoms with Crippen LogP contribution in [-0.2, 0) is 4.74 Å². The highest BCUT2D eigenvalue weighted by atomic mass is 35.5. The molecule has 0 N–H and O–H groups in total. The number of hydrogen-bond acceptors (Lipinski definition) is 4. The van der Waals surface area contributed by atoms with Crippen LogP contribution in [0.25, 0.3) is 16.6 Å². The standard InChI is InChI=1S/C23H28ClN5O/c1-2-23(14-30-15-23)27-7-5-16(6-8-27)20-10-22-17(9-21(20)24)11-26-29(22)19-12-25-28(13-19)18-3-4-18/h9-13,16,18H,2-8,14-15H2,1H3. The molecule has 1 aliphatic carbocycles. The van der Waals surface area contributed by atoms with Crippen LogP contribution in [0.2, 0.25) is 5.02 Å². The Labute approximate surface area is 181 Å². The van der Waals surface area contributed by atoms with Crippen molar-refractivity contribution in [1.82, 2.24) is 24.5 Å². The topological polar surface area (TPSA) is 48.1 Å². The zero-order chi connectivity index (χ0) is 20.3. The molecular formula is C23H28ClN5O. The largest absolute Gasteiger partial charge is 0.377 e. The molecule has 6 rings (SSSR count). The van der Waals surface area contributed by atoms with Crippen molar-refractivity contribution >= 4 is 22.5 Å². The minimum Gasteiger partial charge on any atom is -0.377 e. The summed E-state index contributed by atoms with van der Waals surface area (Å²) in [6.45, 7) is 6.28. The fraction of sp³-hybridized carbons (Fsp3) is 0.565. The molecule has 158 valence electrons. The smallest absolute Gasteiger partial charge is 0.103 e. The maximum absolute atomic E-state index is 6.75. The van der Waals surface area contributed by atoms with E-state index in [-0.39, 0.29) is 5.54 Å². The van der Waals surface area contributed by atoms with Crippen molar-refractivity contribution in [2.24, 2.45) is 0 Å². The first kappa shape index (κ1) is 18.8. The Morgan fingerprint density at radius 2 is 1.90 bits per heavy atom. The number of nitrogens with zero attached hydrogens (tertiary/aromatic N) is 5. The average molecular weight is 426 g/mol. The van der Waals surface area contributed by atoms with Gasteiger partial charge in [0.1, 0.15) is 5.69 Å². The number of halogens is 1. The van der Waals surface area contributed by atoms with Gasteiger partial charge in [0.2, 0.25) is 0 Å². The maximum atomic E-state index is 6.75. The Balaban J connectivity index is 1.27. The van der Waals surface area contributed by atoms with E-state index in [2.05, 4.69) is 45.0 Å². The van der Waals surface area contributed by atoms with E-state index in [0.29, 0.717) is 12.0 Å². The normalized spacial score (nSPS) is 22.5. The predicted molar refractivity (Wildman–Crippen MR) is 118 cm³/mol. The van der Waals surface area contributed by atoms with Gasteiger partial charge in [0.15, 0.2) is 0 Å². The zero-order valence-electron chi connectivity index (χ0n) is 17.4. The molecule has 6 nitrogen and oxygen atoms in total. The van der Waals surface area contributed by atoms with Gasteiger partial charge in [-0.15, -0.1) is 0 Å². The lowest BCUT2D eigenvalue weighted by Crippen LogP contribution is -2.63. The Morgan fingerprint density at radius 1 is 1.10 bits per heavy atom. The van der Waals surface area contributed by atoms with Gasteiger partial charge in [-0.2, -0.15) is 10.2 Å². The SMILES string of the molecule is CCC1(N2CCC(c3cc4c(cnn4-c4cnn(C5CC5)c4)cc3Cl)CC2)COC1. The molecule has 0 atom stereocenters. The van der Waals surface area contributed by atoms with Crippen LogP contribution < -0.4 is 0 Å². The van der Waals surface area contributed by atoms with Gasteiger partial charge in [-0.3, -0.25) is 9.58 Å². The Bertz CT molecular complexity index is 1070. The summed E-state index contributed by atoms with van der Waals surface area (Å²) < 4.78 is 9.63. The van der Waals surface area contributed by atoms with Gasteiger partial charge in [-0.05, 0) is 68.8 Å². The molecule has 0 radical (unpaired) electrons. The monoisotopic (exact) mass is 425 g/mol.